The van der Waals surface area contributed by atoms with Crippen LogP contribution in [0.1, 0.15) is 12.8 Å². The van der Waals surface area contributed by atoms with Gasteiger partial charge in [0, 0.05) is 18.3 Å². The molecule has 1 atom stereocenters. The molecule has 2 saturated heterocycles. The molecular formula is C6H10NO2S. The van der Waals surface area contributed by atoms with Crippen molar-refractivity contribution in [2.75, 3.05) is 12.3 Å². The lowest BCUT2D eigenvalue weighted by atomic mass is 10.1. The molecule has 57 valence electrons. The van der Waals surface area contributed by atoms with Gasteiger partial charge in [-0.05, 0) is 23.9 Å². The summed E-state index contributed by atoms with van der Waals surface area (Å²) in [6.07, 6.45) is 2.33. The zero-order chi connectivity index (χ0) is 7.14. The molecule has 10 heavy (non-hydrogen) atoms. The SMILES string of the molecule is O=C(O)[S]1CCC2CCN21. The standard InChI is InChI=1S/C6H10NO2S/c8-6(9)10-4-2-5-1-3-7(5)10/h5H,1-4H2,(H,8,9). The van der Waals surface area contributed by atoms with Crippen LogP contribution in [-0.2, 0) is 0 Å². The van der Waals surface area contributed by atoms with E-state index in [2.05, 4.69) is 4.31 Å². The van der Waals surface area contributed by atoms with Gasteiger partial charge in [-0.15, -0.1) is 0 Å². The number of fused-ring (bicyclic) bond motifs is 1. The molecule has 0 aromatic heterocycles. The fraction of sp³-hybridized carbons (Fsp3) is 0.833. The first-order chi connectivity index (χ1) is 4.79. The van der Waals surface area contributed by atoms with E-state index in [0.717, 1.165) is 18.7 Å². The Morgan fingerprint density at radius 3 is 2.70 bits per heavy atom. The maximum Gasteiger partial charge on any atom is 0.369 e. The van der Waals surface area contributed by atoms with E-state index in [4.69, 9.17) is 5.11 Å². The van der Waals surface area contributed by atoms with Gasteiger partial charge in [-0.3, -0.25) is 0 Å². The molecule has 2 heterocycles. The highest BCUT2D eigenvalue weighted by molar-refractivity contribution is 8.27. The summed E-state index contributed by atoms with van der Waals surface area (Å²) in [6, 6.07) is 0.624. The van der Waals surface area contributed by atoms with Crippen LogP contribution in [0.4, 0.5) is 4.79 Å². The van der Waals surface area contributed by atoms with Crippen molar-refractivity contribution in [2.24, 2.45) is 0 Å². The Morgan fingerprint density at radius 2 is 2.40 bits per heavy atom. The van der Waals surface area contributed by atoms with Gasteiger partial charge < -0.3 is 5.11 Å². The van der Waals surface area contributed by atoms with Crippen molar-refractivity contribution >= 4 is 16.4 Å². The van der Waals surface area contributed by atoms with Crippen molar-refractivity contribution in [1.29, 1.82) is 0 Å². The fourth-order valence-electron chi connectivity index (χ4n) is 1.55. The molecular weight excluding hydrogens is 150 g/mol. The van der Waals surface area contributed by atoms with Crippen LogP contribution in [0.15, 0.2) is 0 Å². The smallest absolute Gasteiger partial charge is 0.369 e. The van der Waals surface area contributed by atoms with Crippen LogP contribution in [0.25, 0.3) is 0 Å². The van der Waals surface area contributed by atoms with Crippen LogP contribution in [0.5, 0.6) is 0 Å². The summed E-state index contributed by atoms with van der Waals surface area (Å²) in [5, 5.41) is 8.10. The highest BCUT2D eigenvalue weighted by atomic mass is 32.2. The first-order valence-electron chi connectivity index (χ1n) is 3.49. The Hall–Kier alpha value is -0.220. The molecule has 0 saturated carbocycles. The third-order valence-corrected chi connectivity index (χ3v) is 4.29. The van der Waals surface area contributed by atoms with E-state index < -0.39 is 16.4 Å². The van der Waals surface area contributed by atoms with E-state index in [0.29, 0.717) is 6.04 Å². The summed E-state index contributed by atoms with van der Waals surface area (Å²) in [7, 11) is 0. The average Bonchev–Trinajstić information content (AvgIpc) is 2.07. The van der Waals surface area contributed by atoms with Gasteiger partial charge in [0.15, 0.2) is 0 Å². The van der Waals surface area contributed by atoms with E-state index in [1.54, 1.807) is 0 Å². The summed E-state index contributed by atoms with van der Waals surface area (Å²) in [6.45, 7) is 1.01. The minimum Gasteiger partial charge on any atom is -0.473 e. The van der Waals surface area contributed by atoms with Gasteiger partial charge in [0.2, 0.25) is 0 Å². The normalized spacial score (nSPS) is 33.4. The number of hydrogen-bond acceptors (Lipinski definition) is 2. The molecule has 0 aromatic rings. The second-order valence-corrected chi connectivity index (χ2v) is 4.66. The van der Waals surface area contributed by atoms with Crippen molar-refractivity contribution in [1.82, 2.24) is 4.31 Å². The van der Waals surface area contributed by atoms with Gasteiger partial charge in [0.1, 0.15) is 0 Å². The molecule has 2 aliphatic rings. The predicted octanol–water partition coefficient (Wildman–Crippen LogP) is 1.33. The first-order valence-corrected chi connectivity index (χ1v) is 4.84. The quantitative estimate of drug-likeness (QED) is 0.581. The largest absolute Gasteiger partial charge is 0.473 e. The molecule has 0 aromatic carbocycles. The molecule has 0 spiro atoms. The molecule has 0 bridgehead atoms. The Bertz CT molecular complexity index is 173. The van der Waals surface area contributed by atoms with Gasteiger partial charge in [0.05, 0.1) is 0 Å². The molecule has 1 unspecified atom stereocenters. The van der Waals surface area contributed by atoms with E-state index in [1.807, 2.05) is 0 Å². The van der Waals surface area contributed by atoms with Gasteiger partial charge in [-0.1, -0.05) is 0 Å². The first kappa shape index (κ1) is 6.49. The van der Waals surface area contributed by atoms with E-state index in [9.17, 15) is 4.79 Å². The van der Waals surface area contributed by atoms with E-state index >= 15 is 0 Å². The fourth-order valence-corrected chi connectivity index (χ4v) is 3.55. The van der Waals surface area contributed by atoms with Crippen LogP contribution in [-0.4, -0.2) is 33.1 Å². The highest BCUT2D eigenvalue weighted by Gasteiger charge is 2.42. The monoisotopic (exact) mass is 160 g/mol. The Labute approximate surface area is 62.5 Å². The van der Waals surface area contributed by atoms with Crippen LogP contribution in [0, 0.1) is 0 Å². The highest BCUT2D eigenvalue weighted by Crippen LogP contribution is 2.47. The molecule has 2 rings (SSSR count). The lowest BCUT2D eigenvalue weighted by Crippen LogP contribution is -2.40. The Balaban J connectivity index is 2.05. The third-order valence-electron chi connectivity index (χ3n) is 2.22. The van der Waals surface area contributed by atoms with Crippen LogP contribution >= 0.6 is 11.1 Å². The second-order valence-electron chi connectivity index (χ2n) is 2.71. The third kappa shape index (κ3) is 0.754. The molecule has 1 radical (unpaired) electrons. The van der Waals surface area contributed by atoms with E-state index in [1.165, 1.54) is 6.42 Å². The maximum atomic E-state index is 10.6. The summed E-state index contributed by atoms with van der Waals surface area (Å²) < 4.78 is 2.13. The van der Waals surface area contributed by atoms with Gasteiger partial charge >= 0.3 is 5.30 Å². The zero-order valence-corrected chi connectivity index (χ0v) is 6.43. The maximum absolute atomic E-state index is 10.6. The molecule has 1 N–H and O–H groups in total. The Kier molecular flexibility index (Phi) is 1.38. The molecule has 0 aliphatic carbocycles. The van der Waals surface area contributed by atoms with Gasteiger partial charge in [-0.25, -0.2) is 9.10 Å². The molecule has 0 amide bonds. The van der Waals surface area contributed by atoms with Crippen LogP contribution < -0.4 is 0 Å². The lowest BCUT2D eigenvalue weighted by molar-refractivity contribution is 0.210. The number of hydrogen-bond donors (Lipinski definition) is 1. The Morgan fingerprint density at radius 1 is 1.60 bits per heavy atom. The number of nitrogens with zero attached hydrogens (tertiary/aromatic N) is 1. The van der Waals surface area contributed by atoms with Gasteiger partial charge in [0.25, 0.3) is 0 Å². The van der Waals surface area contributed by atoms with Crippen molar-refractivity contribution in [2.45, 2.75) is 18.9 Å². The minimum atomic E-state index is -0.609. The van der Waals surface area contributed by atoms with E-state index in [-0.39, 0.29) is 0 Å². The summed E-state index contributed by atoms with van der Waals surface area (Å²) in [5.74, 6) is 0.889. The van der Waals surface area contributed by atoms with Crippen molar-refractivity contribution in [3.05, 3.63) is 0 Å². The van der Waals surface area contributed by atoms with Crippen molar-refractivity contribution in [3.63, 3.8) is 0 Å². The number of carbonyl (C=O) groups is 1. The molecule has 4 heteroatoms. The van der Waals surface area contributed by atoms with Crippen LogP contribution in [0.3, 0.4) is 0 Å². The molecule has 2 aliphatic heterocycles. The average molecular weight is 160 g/mol. The number of carboxylic acid groups (broad SMARTS) is 1. The molecule has 2 fully saturated rings. The lowest BCUT2D eigenvalue weighted by Gasteiger charge is -2.36. The summed E-state index contributed by atoms with van der Waals surface area (Å²) in [5.41, 5.74) is 0. The molecule has 3 nitrogen and oxygen atoms in total. The summed E-state index contributed by atoms with van der Waals surface area (Å²) >= 11 is -0.417. The minimum absolute atomic E-state index is 0.417. The predicted molar refractivity (Wildman–Crippen MR) is 40.2 cm³/mol. The van der Waals surface area contributed by atoms with Crippen LogP contribution in [0.2, 0.25) is 0 Å². The van der Waals surface area contributed by atoms with Crippen molar-refractivity contribution in [3.8, 4) is 0 Å². The number of rotatable bonds is 0. The van der Waals surface area contributed by atoms with Crippen molar-refractivity contribution < 1.29 is 9.90 Å². The van der Waals surface area contributed by atoms with Gasteiger partial charge in [-0.2, -0.15) is 0 Å². The zero-order valence-electron chi connectivity index (χ0n) is 5.62. The second kappa shape index (κ2) is 2.13. The summed E-state index contributed by atoms with van der Waals surface area (Å²) in [4.78, 5) is 10.6. The topological polar surface area (TPSA) is 40.5 Å².